The molecule has 0 aromatic carbocycles. The van der Waals surface area contributed by atoms with E-state index in [4.69, 9.17) is 0 Å². The van der Waals surface area contributed by atoms with Crippen LogP contribution in [0, 0.1) is 0 Å². The van der Waals surface area contributed by atoms with Crippen LogP contribution in [-0.4, -0.2) is 44.9 Å². The van der Waals surface area contributed by atoms with E-state index >= 15 is 0 Å². The predicted octanol–water partition coefficient (Wildman–Crippen LogP) is 1.42. The summed E-state index contributed by atoms with van der Waals surface area (Å²) in [6, 6.07) is 0. The van der Waals surface area contributed by atoms with E-state index in [2.05, 4.69) is 33.3 Å². The molecule has 1 rings (SSSR count). The first kappa shape index (κ1) is 14.5. The molecule has 0 saturated heterocycles. The van der Waals surface area contributed by atoms with E-state index in [0.29, 0.717) is 0 Å². The summed E-state index contributed by atoms with van der Waals surface area (Å²) in [6.45, 7) is 5.49. The molecular weight excluding hydrogens is 240 g/mol. The molecule has 6 heteroatoms. The van der Waals surface area contributed by atoms with E-state index in [0.717, 1.165) is 32.6 Å². The van der Waals surface area contributed by atoms with Crippen LogP contribution in [0.1, 0.15) is 32.6 Å². The minimum atomic E-state index is -2.37. The number of unbranched alkanes of at least 4 members (excludes halogenated alkanes) is 2. The van der Waals surface area contributed by atoms with Crippen LogP contribution in [0.3, 0.4) is 0 Å². The maximum Gasteiger partial charge on any atom is 0.0893 e. The molecule has 1 heterocycles. The van der Waals surface area contributed by atoms with Gasteiger partial charge in [0, 0.05) is 25.5 Å². The summed E-state index contributed by atoms with van der Waals surface area (Å²) in [6.07, 6.45) is 8.38. The summed E-state index contributed by atoms with van der Waals surface area (Å²) in [5, 5.41) is 0. The highest BCUT2D eigenvalue weighted by molar-refractivity contribution is 7.74. The lowest BCUT2D eigenvalue weighted by atomic mass is 10.3. The Bertz CT molecular complexity index is 261. The summed E-state index contributed by atoms with van der Waals surface area (Å²) >= 11 is -2.37. The highest BCUT2D eigenvalue weighted by Crippen LogP contribution is 2.09. The second-order valence-electron chi connectivity index (χ2n) is 4.15. The molecule has 0 amide bonds. The van der Waals surface area contributed by atoms with Crippen molar-refractivity contribution in [1.82, 2.24) is 9.80 Å². The SMILES string of the molecule is CCCCN1C=CN(CCCCOS(=O)[O-])C1. The Morgan fingerprint density at radius 3 is 2.47 bits per heavy atom. The molecule has 0 aliphatic carbocycles. The number of rotatable bonds is 9. The third-order valence-corrected chi connectivity index (χ3v) is 3.03. The Morgan fingerprint density at radius 1 is 1.24 bits per heavy atom. The van der Waals surface area contributed by atoms with Gasteiger partial charge in [-0.1, -0.05) is 13.3 Å². The molecule has 1 unspecified atom stereocenters. The number of hydrogen-bond acceptors (Lipinski definition) is 5. The van der Waals surface area contributed by atoms with E-state index in [1.807, 2.05) is 0 Å². The molecule has 0 radical (unpaired) electrons. The maximum absolute atomic E-state index is 10.1. The lowest BCUT2D eigenvalue weighted by Crippen LogP contribution is -2.26. The fraction of sp³-hybridized carbons (Fsp3) is 0.818. The van der Waals surface area contributed by atoms with Gasteiger partial charge < -0.3 is 18.5 Å². The second kappa shape index (κ2) is 8.49. The average Bonchev–Trinajstić information content (AvgIpc) is 2.73. The molecule has 1 atom stereocenters. The van der Waals surface area contributed by atoms with Crippen LogP contribution in [0.2, 0.25) is 0 Å². The van der Waals surface area contributed by atoms with Gasteiger partial charge in [-0.05, 0) is 19.3 Å². The maximum atomic E-state index is 10.1. The Morgan fingerprint density at radius 2 is 1.88 bits per heavy atom. The normalized spacial score (nSPS) is 16.8. The van der Waals surface area contributed by atoms with E-state index in [-0.39, 0.29) is 6.61 Å². The molecular formula is C11H21N2O3S-. The van der Waals surface area contributed by atoms with Gasteiger partial charge in [0.2, 0.25) is 0 Å². The van der Waals surface area contributed by atoms with E-state index in [1.54, 1.807) is 0 Å². The van der Waals surface area contributed by atoms with Crippen molar-refractivity contribution in [3.63, 3.8) is 0 Å². The molecule has 0 saturated carbocycles. The highest BCUT2D eigenvalue weighted by atomic mass is 32.2. The molecule has 0 N–H and O–H groups in total. The molecule has 0 aromatic heterocycles. The molecule has 1 aliphatic rings. The van der Waals surface area contributed by atoms with Gasteiger partial charge in [0.25, 0.3) is 0 Å². The van der Waals surface area contributed by atoms with Crippen LogP contribution in [0.5, 0.6) is 0 Å². The van der Waals surface area contributed by atoms with Crippen molar-refractivity contribution >= 4 is 11.4 Å². The van der Waals surface area contributed by atoms with Crippen molar-refractivity contribution in [3.8, 4) is 0 Å². The van der Waals surface area contributed by atoms with Gasteiger partial charge in [0.1, 0.15) is 0 Å². The molecule has 100 valence electrons. The van der Waals surface area contributed by atoms with Crippen LogP contribution in [0.25, 0.3) is 0 Å². The third-order valence-electron chi connectivity index (χ3n) is 2.67. The Kier molecular flexibility index (Phi) is 7.23. The van der Waals surface area contributed by atoms with Crippen LogP contribution >= 0.6 is 0 Å². The standard InChI is InChI=1S/C11H22N2O3S/c1-2-3-6-12-8-9-13(11-12)7-4-5-10-16-17(14)15/h8-9H,2-7,10-11H2,1H3,(H,14,15)/p-1. The first-order chi connectivity index (χ1) is 8.22. The summed E-state index contributed by atoms with van der Waals surface area (Å²) in [7, 11) is 0. The molecule has 0 bridgehead atoms. The van der Waals surface area contributed by atoms with Gasteiger partial charge in [0.15, 0.2) is 0 Å². The van der Waals surface area contributed by atoms with Gasteiger partial charge in [-0.2, -0.15) is 0 Å². The Labute approximate surface area is 106 Å². The van der Waals surface area contributed by atoms with Crippen molar-refractivity contribution in [2.45, 2.75) is 32.6 Å². The zero-order valence-electron chi connectivity index (χ0n) is 10.3. The Balaban J connectivity index is 1.99. The summed E-state index contributed by atoms with van der Waals surface area (Å²) < 4.78 is 24.7. The number of hydrogen-bond donors (Lipinski definition) is 0. The monoisotopic (exact) mass is 261 g/mol. The van der Waals surface area contributed by atoms with E-state index < -0.39 is 11.4 Å². The molecule has 0 fully saturated rings. The smallest absolute Gasteiger partial charge is 0.0893 e. The molecule has 5 nitrogen and oxygen atoms in total. The largest absolute Gasteiger partial charge is 0.750 e. The van der Waals surface area contributed by atoms with Crippen LogP contribution < -0.4 is 0 Å². The number of nitrogens with zero attached hydrogens (tertiary/aromatic N) is 2. The fourth-order valence-corrected chi connectivity index (χ4v) is 1.97. The van der Waals surface area contributed by atoms with Gasteiger partial charge in [-0.15, -0.1) is 0 Å². The van der Waals surface area contributed by atoms with E-state index in [9.17, 15) is 8.76 Å². The zero-order chi connectivity index (χ0) is 12.5. The topological polar surface area (TPSA) is 55.8 Å². The van der Waals surface area contributed by atoms with Gasteiger partial charge in [-0.25, -0.2) is 4.21 Å². The van der Waals surface area contributed by atoms with E-state index in [1.165, 1.54) is 12.8 Å². The zero-order valence-corrected chi connectivity index (χ0v) is 11.2. The molecule has 0 spiro atoms. The molecule has 0 aromatic rings. The first-order valence-corrected chi connectivity index (χ1v) is 7.11. The lowest BCUT2D eigenvalue weighted by Gasteiger charge is -2.21. The van der Waals surface area contributed by atoms with Gasteiger partial charge in [-0.3, -0.25) is 0 Å². The van der Waals surface area contributed by atoms with Crippen molar-refractivity contribution in [2.24, 2.45) is 0 Å². The van der Waals surface area contributed by atoms with Crippen molar-refractivity contribution < 1.29 is 12.9 Å². The van der Waals surface area contributed by atoms with Crippen molar-refractivity contribution in [2.75, 3.05) is 26.4 Å². The minimum Gasteiger partial charge on any atom is -0.750 e. The van der Waals surface area contributed by atoms with Crippen LogP contribution in [0.4, 0.5) is 0 Å². The summed E-state index contributed by atoms with van der Waals surface area (Å²) in [4.78, 5) is 4.54. The van der Waals surface area contributed by atoms with Crippen molar-refractivity contribution in [1.29, 1.82) is 0 Å². The molecule has 17 heavy (non-hydrogen) atoms. The first-order valence-electron chi connectivity index (χ1n) is 6.11. The van der Waals surface area contributed by atoms with Crippen LogP contribution in [-0.2, 0) is 15.5 Å². The summed E-state index contributed by atoms with van der Waals surface area (Å²) in [5.41, 5.74) is 0. The lowest BCUT2D eigenvalue weighted by molar-refractivity contribution is 0.246. The highest BCUT2D eigenvalue weighted by Gasteiger charge is 2.10. The average molecular weight is 261 g/mol. The summed E-state index contributed by atoms with van der Waals surface area (Å²) in [5.74, 6) is 0. The minimum absolute atomic E-state index is 0.285. The Hall–Kier alpha value is -0.590. The fourth-order valence-electron chi connectivity index (χ4n) is 1.71. The van der Waals surface area contributed by atoms with Crippen molar-refractivity contribution in [3.05, 3.63) is 12.4 Å². The molecule has 1 aliphatic heterocycles. The van der Waals surface area contributed by atoms with Gasteiger partial charge in [0.05, 0.1) is 24.6 Å². The second-order valence-corrected chi connectivity index (χ2v) is 4.79. The predicted molar refractivity (Wildman–Crippen MR) is 66.4 cm³/mol. The quantitative estimate of drug-likeness (QED) is 0.464. The van der Waals surface area contributed by atoms with Crippen LogP contribution in [0.15, 0.2) is 12.4 Å². The third kappa shape index (κ3) is 6.65. The van der Waals surface area contributed by atoms with Gasteiger partial charge >= 0.3 is 0 Å².